The number of anilines is 1. The van der Waals surface area contributed by atoms with Crippen LogP contribution in [0.15, 0.2) is 30.5 Å². The topological polar surface area (TPSA) is 89.7 Å². The highest BCUT2D eigenvalue weighted by Crippen LogP contribution is 2.24. The number of halogens is 2. The number of amides is 1. The highest BCUT2D eigenvalue weighted by Gasteiger charge is 2.22. The van der Waals surface area contributed by atoms with Crippen molar-refractivity contribution >= 4 is 35.9 Å². The second kappa shape index (κ2) is 8.94. The number of rotatable bonds is 4. The molecule has 1 aliphatic heterocycles. The first-order chi connectivity index (χ1) is 13.5. The molecule has 0 bridgehead atoms. The van der Waals surface area contributed by atoms with E-state index in [1.165, 1.54) is 0 Å². The quantitative estimate of drug-likeness (QED) is 0.656. The van der Waals surface area contributed by atoms with Gasteiger partial charge in [-0.1, -0.05) is 17.7 Å². The van der Waals surface area contributed by atoms with Crippen molar-refractivity contribution in [1.29, 1.82) is 0 Å². The Balaban J connectivity index is 0.00000240. The third kappa shape index (κ3) is 4.44. The zero-order valence-electron chi connectivity index (χ0n) is 16.2. The van der Waals surface area contributed by atoms with Crippen LogP contribution in [0.25, 0.3) is 5.69 Å². The minimum Gasteiger partial charge on any atom is -0.317 e. The molecule has 8 nitrogen and oxygen atoms in total. The fraction of sp³-hybridized carbons (Fsp3) is 0.368. The number of nitrogens with zero attached hydrogens (tertiary/aromatic N) is 5. The fourth-order valence-corrected chi connectivity index (χ4v) is 3.62. The van der Waals surface area contributed by atoms with E-state index in [0.717, 1.165) is 43.1 Å². The molecule has 1 fully saturated rings. The Hall–Kier alpha value is -2.42. The SMILES string of the molecule is Cc1c(C(=O)Nc2nc(C3CCNCC3)nn2C)cnn1-c1cccc(Cl)c1.Cl. The molecule has 4 rings (SSSR count). The van der Waals surface area contributed by atoms with E-state index in [9.17, 15) is 4.79 Å². The molecule has 1 aromatic carbocycles. The normalized spacial score (nSPS) is 14.4. The molecule has 10 heteroatoms. The molecule has 1 amide bonds. The maximum atomic E-state index is 12.8. The van der Waals surface area contributed by atoms with E-state index in [1.54, 1.807) is 34.7 Å². The smallest absolute Gasteiger partial charge is 0.261 e. The van der Waals surface area contributed by atoms with Crippen LogP contribution in [-0.2, 0) is 7.05 Å². The van der Waals surface area contributed by atoms with Crippen LogP contribution in [0.3, 0.4) is 0 Å². The van der Waals surface area contributed by atoms with Gasteiger partial charge < -0.3 is 5.32 Å². The van der Waals surface area contributed by atoms with Gasteiger partial charge in [0.05, 0.1) is 23.1 Å². The second-order valence-electron chi connectivity index (χ2n) is 6.93. The largest absolute Gasteiger partial charge is 0.317 e. The number of piperidine rings is 1. The number of aromatic nitrogens is 5. The monoisotopic (exact) mass is 435 g/mol. The van der Waals surface area contributed by atoms with Gasteiger partial charge in [-0.25, -0.2) is 9.36 Å². The lowest BCUT2D eigenvalue weighted by molar-refractivity contribution is 0.102. The van der Waals surface area contributed by atoms with Gasteiger partial charge in [0, 0.05) is 18.0 Å². The van der Waals surface area contributed by atoms with Crippen molar-refractivity contribution in [2.75, 3.05) is 18.4 Å². The van der Waals surface area contributed by atoms with E-state index in [4.69, 9.17) is 11.6 Å². The summed E-state index contributed by atoms with van der Waals surface area (Å²) in [6.45, 7) is 3.78. The van der Waals surface area contributed by atoms with Crippen molar-refractivity contribution in [3.05, 3.63) is 52.6 Å². The Morgan fingerprint density at radius 2 is 2.07 bits per heavy atom. The van der Waals surface area contributed by atoms with Gasteiger partial charge in [-0.15, -0.1) is 12.4 Å². The molecule has 3 heterocycles. The molecule has 0 unspecified atom stereocenters. The van der Waals surface area contributed by atoms with Crippen molar-refractivity contribution in [2.24, 2.45) is 7.05 Å². The minimum atomic E-state index is -0.266. The van der Waals surface area contributed by atoms with Crippen LogP contribution >= 0.6 is 24.0 Å². The summed E-state index contributed by atoms with van der Waals surface area (Å²) in [7, 11) is 1.79. The van der Waals surface area contributed by atoms with Gasteiger partial charge in [-0.2, -0.15) is 15.2 Å². The van der Waals surface area contributed by atoms with Crippen molar-refractivity contribution in [2.45, 2.75) is 25.7 Å². The number of nitrogens with one attached hydrogen (secondary N) is 2. The van der Waals surface area contributed by atoms with Gasteiger partial charge in [0.25, 0.3) is 5.91 Å². The van der Waals surface area contributed by atoms with E-state index < -0.39 is 0 Å². The molecule has 1 aliphatic rings. The fourth-order valence-electron chi connectivity index (χ4n) is 3.44. The molecule has 0 radical (unpaired) electrons. The zero-order valence-corrected chi connectivity index (χ0v) is 17.8. The number of carbonyl (C=O) groups excluding carboxylic acids is 1. The predicted molar refractivity (Wildman–Crippen MR) is 114 cm³/mol. The van der Waals surface area contributed by atoms with Gasteiger partial charge in [0.1, 0.15) is 0 Å². The predicted octanol–water partition coefficient (Wildman–Crippen LogP) is 3.10. The second-order valence-corrected chi connectivity index (χ2v) is 7.37. The highest BCUT2D eigenvalue weighted by molar-refractivity contribution is 6.30. The van der Waals surface area contributed by atoms with Crippen LogP contribution < -0.4 is 10.6 Å². The van der Waals surface area contributed by atoms with Gasteiger partial charge >= 0.3 is 0 Å². The molecule has 29 heavy (non-hydrogen) atoms. The lowest BCUT2D eigenvalue weighted by atomic mass is 9.98. The number of hydrogen-bond donors (Lipinski definition) is 2. The van der Waals surface area contributed by atoms with Crippen LogP contribution in [-0.4, -0.2) is 43.5 Å². The molecule has 3 aromatic rings. The summed E-state index contributed by atoms with van der Waals surface area (Å²) in [6.07, 6.45) is 3.56. The van der Waals surface area contributed by atoms with Crippen LogP contribution in [0, 0.1) is 6.92 Å². The molecule has 0 spiro atoms. The van der Waals surface area contributed by atoms with E-state index >= 15 is 0 Å². The van der Waals surface area contributed by atoms with Gasteiger partial charge in [0.2, 0.25) is 5.95 Å². The molecular formula is C19H23Cl2N7O. The van der Waals surface area contributed by atoms with Crippen molar-refractivity contribution in [3.8, 4) is 5.69 Å². The van der Waals surface area contributed by atoms with Crippen molar-refractivity contribution in [3.63, 3.8) is 0 Å². The Kier molecular flexibility index (Phi) is 6.56. The third-order valence-corrected chi connectivity index (χ3v) is 5.25. The van der Waals surface area contributed by atoms with Crippen molar-refractivity contribution in [1.82, 2.24) is 29.9 Å². The molecule has 0 atom stereocenters. The molecule has 2 N–H and O–H groups in total. The van der Waals surface area contributed by atoms with E-state index in [2.05, 4.69) is 25.8 Å². The highest BCUT2D eigenvalue weighted by atomic mass is 35.5. The van der Waals surface area contributed by atoms with E-state index in [-0.39, 0.29) is 18.3 Å². The molecule has 1 saturated heterocycles. The minimum absolute atomic E-state index is 0. The molecule has 0 saturated carbocycles. The summed E-state index contributed by atoms with van der Waals surface area (Å²) >= 11 is 6.07. The van der Waals surface area contributed by atoms with Crippen LogP contribution in [0.1, 0.15) is 40.6 Å². The lowest BCUT2D eigenvalue weighted by Crippen LogP contribution is -2.27. The number of benzene rings is 1. The molecule has 154 valence electrons. The first kappa shape index (κ1) is 21.3. The average Bonchev–Trinajstić information content (AvgIpc) is 3.25. The van der Waals surface area contributed by atoms with Crippen LogP contribution in [0.5, 0.6) is 0 Å². The van der Waals surface area contributed by atoms with Crippen molar-refractivity contribution < 1.29 is 4.79 Å². The van der Waals surface area contributed by atoms with Gasteiger partial charge in [-0.3, -0.25) is 10.1 Å². The first-order valence-electron chi connectivity index (χ1n) is 9.26. The zero-order chi connectivity index (χ0) is 19.7. The summed E-state index contributed by atoms with van der Waals surface area (Å²) < 4.78 is 3.31. The molecule has 2 aromatic heterocycles. The Morgan fingerprint density at radius 3 is 2.79 bits per heavy atom. The summed E-state index contributed by atoms with van der Waals surface area (Å²) in [4.78, 5) is 17.4. The average molecular weight is 436 g/mol. The number of carbonyl (C=O) groups is 1. The summed E-state index contributed by atoms with van der Waals surface area (Å²) in [6, 6.07) is 7.34. The Morgan fingerprint density at radius 1 is 1.31 bits per heavy atom. The summed E-state index contributed by atoms with van der Waals surface area (Å²) in [5.41, 5.74) is 2.00. The summed E-state index contributed by atoms with van der Waals surface area (Å²) in [5.74, 6) is 1.28. The van der Waals surface area contributed by atoms with Gasteiger partial charge in [0.15, 0.2) is 5.82 Å². The number of aryl methyl sites for hydroxylation is 1. The summed E-state index contributed by atoms with van der Waals surface area (Å²) in [5, 5.41) is 15.6. The maximum absolute atomic E-state index is 12.8. The lowest BCUT2D eigenvalue weighted by Gasteiger charge is -2.19. The Bertz CT molecular complexity index is 1010. The molecular weight excluding hydrogens is 413 g/mol. The van der Waals surface area contributed by atoms with Gasteiger partial charge in [-0.05, 0) is 51.1 Å². The Labute approximate surface area is 180 Å². The van der Waals surface area contributed by atoms with E-state index in [1.807, 2.05) is 19.1 Å². The van der Waals surface area contributed by atoms with Crippen LogP contribution in [0.4, 0.5) is 5.95 Å². The van der Waals surface area contributed by atoms with Crippen LogP contribution in [0.2, 0.25) is 5.02 Å². The first-order valence-corrected chi connectivity index (χ1v) is 9.64. The molecule has 0 aliphatic carbocycles. The number of hydrogen-bond acceptors (Lipinski definition) is 5. The van der Waals surface area contributed by atoms with E-state index in [0.29, 0.717) is 22.5 Å². The maximum Gasteiger partial charge on any atom is 0.261 e. The third-order valence-electron chi connectivity index (χ3n) is 5.02. The standard InChI is InChI=1S/C19H22ClN7O.ClH/c1-12-16(11-22-27(12)15-5-3-4-14(20)10-15)18(28)24-19-23-17(25-26(19)2)13-6-8-21-9-7-13;/h3-5,10-11,13,21H,6-9H2,1-2H3,(H,23,24,25,28);1H.